The van der Waals surface area contributed by atoms with Gasteiger partial charge in [0, 0.05) is 42.5 Å². The topological polar surface area (TPSA) is 68.4 Å². The first-order chi connectivity index (χ1) is 12.8. The maximum Gasteiger partial charge on any atom is 0.272 e. The molecule has 0 aliphatic carbocycles. The van der Waals surface area contributed by atoms with Gasteiger partial charge in [-0.15, -0.1) is 0 Å². The fourth-order valence-electron chi connectivity index (χ4n) is 3.62. The molecule has 1 aromatic heterocycles. The van der Waals surface area contributed by atoms with Crippen LogP contribution in [0.5, 0.6) is 0 Å². The Morgan fingerprint density at radius 3 is 2.41 bits per heavy atom. The number of amides is 1. The average molecular weight is 389 g/mol. The lowest BCUT2D eigenvalue weighted by Gasteiger charge is -2.35. The van der Waals surface area contributed by atoms with E-state index in [-0.39, 0.29) is 11.7 Å². The molecule has 1 aliphatic heterocycles. The maximum atomic E-state index is 12.9. The van der Waals surface area contributed by atoms with Gasteiger partial charge in [0.15, 0.2) is 5.78 Å². The van der Waals surface area contributed by atoms with Crippen molar-refractivity contribution < 1.29 is 9.59 Å². The zero-order valence-corrected chi connectivity index (χ0v) is 16.9. The van der Waals surface area contributed by atoms with Gasteiger partial charge in [0.05, 0.1) is 11.4 Å². The highest BCUT2D eigenvalue weighted by molar-refractivity contribution is 6.31. The molecule has 0 spiro atoms. The monoisotopic (exact) mass is 388 g/mol. The first-order valence-corrected chi connectivity index (χ1v) is 9.40. The Morgan fingerprint density at radius 1 is 1.15 bits per heavy atom. The van der Waals surface area contributed by atoms with Crippen LogP contribution in [0.4, 0.5) is 11.4 Å². The maximum absolute atomic E-state index is 12.9. The molecule has 0 saturated carbocycles. The predicted molar refractivity (Wildman–Crippen MR) is 109 cm³/mol. The van der Waals surface area contributed by atoms with E-state index in [0.29, 0.717) is 33.2 Å². The van der Waals surface area contributed by atoms with Crippen LogP contribution in [0.3, 0.4) is 0 Å². The van der Waals surface area contributed by atoms with Gasteiger partial charge in [0.1, 0.15) is 5.69 Å². The number of hydrogen-bond donors (Lipinski definition) is 2. The molecule has 27 heavy (non-hydrogen) atoms. The van der Waals surface area contributed by atoms with E-state index in [2.05, 4.69) is 27.1 Å². The van der Waals surface area contributed by atoms with E-state index in [1.165, 1.54) is 6.92 Å². The van der Waals surface area contributed by atoms with Crippen LogP contribution in [0.2, 0.25) is 5.02 Å². The van der Waals surface area contributed by atoms with Crippen molar-refractivity contribution in [1.82, 2.24) is 9.88 Å². The molecule has 2 N–H and O–H groups in total. The second-order valence-corrected chi connectivity index (χ2v) is 7.52. The first kappa shape index (κ1) is 19.5. The fourth-order valence-corrected chi connectivity index (χ4v) is 3.79. The highest BCUT2D eigenvalue weighted by Gasteiger charge is 2.22. The highest BCUT2D eigenvalue weighted by atomic mass is 35.5. The number of aryl methyl sites for hydroxylation is 1. The fraction of sp³-hybridized carbons (Fsp3) is 0.400. The third-order valence-corrected chi connectivity index (χ3v) is 5.30. The van der Waals surface area contributed by atoms with E-state index in [1.54, 1.807) is 19.9 Å². The normalized spacial score (nSPS) is 15.1. The number of rotatable bonds is 4. The van der Waals surface area contributed by atoms with E-state index < -0.39 is 0 Å². The number of nitrogens with zero attached hydrogens (tertiary/aromatic N) is 2. The third-order valence-electron chi connectivity index (χ3n) is 5.07. The zero-order chi connectivity index (χ0) is 19.7. The Morgan fingerprint density at radius 2 is 1.81 bits per heavy atom. The minimum atomic E-state index is -0.277. The summed E-state index contributed by atoms with van der Waals surface area (Å²) in [5.74, 6) is -0.332. The summed E-state index contributed by atoms with van der Waals surface area (Å²) in [5, 5.41) is 3.54. The number of aromatic amines is 1. The summed E-state index contributed by atoms with van der Waals surface area (Å²) in [4.78, 5) is 32.3. The molecule has 6 nitrogen and oxygen atoms in total. The van der Waals surface area contributed by atoms with E-state index in [9.17, 15) is 9.59 Å². The molecule has 0 bridgehead atoms. The van der Waals surface area contributed by atoms with Crippen LogP contribution >= 0.6 is 11.6 Å². The molecule has 1 saturated heterocycles. The zero-order valence-electron chi connectivity index (χ0n) is 16.1. The summed E-state index contributed by atoms with van der Waals surface area (Å²) in [6, 6.07) is 5.55. The van der Waals surface area contributed by atoms with Crippen LogP contribution in [0.25, 0.3) is 0 Å². The Bertz CT molecular complexity index is 882. The summed E-state index contributed by atoms with van der Waals surface area (Å²) >= 11 is 6.18. The van der Waals surface area contributed by atoms with Crippen molar-refractivity contribution in [3.05, 3.63) is 45.7 Å². The number of hydrogen-bond acceptors (Lipinski definition) is 4. The number of ketones is 1. The average Bonchev–Trinajstić information content (AvgIpc) is 2.91. The summed E-state index contributed by atoms with van der Waals surface area (Å²) in [7, 11) is 2.10. The summed E-state index contributed by atoms with van der Waals surface area (Å²) < 4.78 is 0. The number of anilines is 2. The summed E-state index contributed by atoms with van der Waals surface area (Å²) in [6.07, 6.45) is 0. The van der Waals surface area contributed by atoms with Crippen LogP contribution in [-0.4, -0.2) is 54.8 Å². The minimum absolute atomic E-state index is 0.0545. The Labute approximate surface area is 164 Å². The van der Waals surface area contributed by atoms with Gasteiger partial charge in [-0.2, -0.15) is 0 Å². The van der Waals surface area contributed by atoms with Gasteiger partial charge in [-0.3, -0.25) is 9.59 Å². The molecule has 1 aliphatic rings. The summed E-state index contributed by atoms with van der Waals surface area (Å²) in [6.45, 7) is 8.80. The van der Waals surface area contributed by atoms with Crippen LogP contribution in [-0.2, 0) is 0 Å². The molecule has 0 radical (unpaired) electrons. The predicted octanol–water partition coefficient (Wildman–Crippen LogP) is 3.49. The van der Waals surface area contributed by atoms with E-state index in [1.807, 2.05) is 12.1 Å². The van der Waals surface area contributed by atoms with Crippen LogP contribution < -0.4 is 10.2 Å². The molecule has 1 aromatic carbocycles. The summed E-state index contributed by atoms with van der Waals surface area (Å²) in [5.41, 5.74) is 3.98. The van der Waals surface area contributed by atoms with Crippen molar-refractivity contribution in [3.63, 3.8) is 0 Å². The standard InChI is InChI=1S/C20H25ClN4O2/c1-12-18(14(3)26)13(2)22-19(12)20(27)23-16-11-15(21)5-6-17(16)25-9-7-24(4)8-10-25/h5-6,11,22H,7-10H2,1-4H3,(H,23,27). The number of halogens is 1. The SMILES string of the molecule is CC(=O)c1c(C)[nH]c(C(=O)Nc2cc(Cl)ccc2N2CCN(C)CC2)c1C. The molecule has 2 aromatic rings. The number of carbonyl (C=O) groups excluding carboxylic acids is 2. The smallest absolute Gasteiger partial charge is 0.272 e. The first-order valence-electron chi connectivity index (χ1n) is 9.02. The quantitative estimate of drug-likeness (QED) is 0.786. The van der Waals surface area contributed by atoms with Gasteiger partial charge in [0.2, 0.25) is 0 Å². The molecule has 2 heterocycles. The molecule has 1 amide bonds. The van der Waals surface area contributed by atoms with Gasteiger partial charge in [0.25, 0.3) is 5.91 Å². The lowest BCUT2D eigenvalue weighted by molar-refractivity contribution is 0.101. The van der Waals surface area contributed by atoms with Gasteiger partial charge >= 0.3 is 0 Å². The number of Topliss-reactive ketones (excluding diaryl/α,β-unsaturated/α-hetero) is 1. The second-order valence-electron chi connectivity index (χ2n) is 7.09. The number of H-pyrrole nitrogens is 1. The molecule has 1 fully saturated rings. The largest absolute Gasteiger partial charge is 0.367 e. The minimum Gasteiger partial charge on any atom is -0.367 e. The van der Waals surface area contributed by atoms with Gasteiger partial charge < -0.3 is 20.1 Å². The van der Waals surface area contributed by atoms with Crippen molar-refractivity contribution in [1.29, 1.82) is 0 Å². The Balaban J connectivity index is 1.89. The molecule has 0 atom stereocenters. The van der Waals surface area contributed by atoms with E-state index in [0.717, 1.165) is 31.9 Å². The lowest BCUT2D eigenvalue weighted by atomic mass is 10.1. The lowest BCUT2D eigenvalue weighted by Crippen LogP contribution is -2.44. The number of piperazine rings is 1. The molecule has 144 valence electrons. The van der Waals surface area contributed by atoms with Gasteiger partial charge in [-0.1, -0.05) is 11.6 Å². The number of aromatic nitrogens is 1. The van der Waals surface area contributed by atoms with E-state index >= 15 is 0 Å². The van der Waals surface area contributed by atoms with Crippen LogP contribution in [0, 0.1) is 13.8 Å². The molecular formula is C20H25ClN4O2. The van der Waals surface area contributed by atoms with Crippen LogP contribution in [0.1, 0.15) is 39.0 Å². The van der Waals surface area contributed by atoms with Crippen molar-refractivity contribution >= 4 is 34.7 Å². The highest BCUT2D eigenvalue weighted by Crippen LogP contribution is 2.31. The number of nitrogens with one attached hydrogen (secondary N) is 2. The third kappa shape index (κ3) is 4.01. The van der Waals surface area contributed by atoms with E-state index in [4.69, 9.17) is 11.6 Å². The Hall–Kier alpha value is -2.31. The van der Waals surface area contributed by atoms with Crippen molar-refractivity contribution in [2.45, 2.75) is 20.8 Å². The van der Waals surface area contributed by atoms with Crippen LogP contribution in [0.15, 0.2) is 18.2 Å². The Kier molecular flexibility index (Phi) is 5.58. The van der Waals surface area contributed by atoms with Gasteiger partial charge in [-0.25, -0.2) is 0 Å². The molecule has 7 heteroatoms. The molecular weight excluding hydrogens is 364 g/mol. The van der Waals surface area contributed by atoms with Crippen molar-refractivity contribution in [2.75, 3.05) is 43.4 Å². The number of benzene rings is 1. The molecule has 0 unspecified atom stereocenters. The number of likely N-dealkylation sites (N-methyl/N-ethyl adjacent to an activating group) is 1. The van der Waals surface area contributed by atoms with Crippen molar-refractivity contribution in [2.24, 2.45) is 0 Å². The number of carbonyl (C=O) groups is 2. The van der Waals surface area contributed by atoms with Crippen molar-refractivity contribution in [3.8, 4) is 0 Å². The second kappa shape index (κ2) is 7.74. The van der Waals surface area contributed by atoms with Gasteiger partial charge in [-0.05, 0) is 51.6 Å². The molecule has 3 rings (SSSR count).